The van der Waals surface area contributed by atoms with Gasteiger partial charge in [0, 0.05) is 28.7 Å². The molecule has 2 atom stereocenters. The van der Waals surface area contributed by atoms with Crippen LogP contribution in [0.1, 0.15) is 43.3 Å². The molecule has 0 saturated carbocycles. The van der Waals surface area contributed by atoms with Crippen LogP contribution in [0, 0.1) is 5.92 Å². The molecule has 9 heteroatoms. The highest BCUT2D eigenvalue weighted by Crippen LogP contribution is 2.37. The molecule has 1 aliphatic rings. The van der Waals surface area contributed by atoms with E-state index < -0.39 is 18.1 Å². The first kappa shape index (κ1) is 21.5. The van der Waals surface area contributed by atoms with Crippen molar-refractivity contribution in [3.8, 4) is 0 Å². The maximum absolute atomic E-state index is 13.2. The monoisotopic (exact) mass is 438 g/mol. The molecule has 0 spiro atoms. The first-order valence-electron chi connectivity index (χ1n) is 9.43. The third-order valence-corrected chi connectivity index (χ3v) is 5.50. The van der Waals surface area contributed by atoms with Crippen molar-refractivity contribution in [2.45, 2.75) is 38.8 Å². The molecule has 2 amide bonds. The number of aromatic nitrogens is 2. The van der Waals surface area contributed by atoms with Crippen LogP contribution in [0.5, 0.6) is 0 Å². The Balaban J connectivity index is 1.93. The summed E-state index contributed by atoms with van der Waals surface area (Å²) in [5, 5.41) is 3.78. The molecule has 156 valence electrons. The number of amides is 2. The maximum Gasteiger partial charge on any atom is 0.328 e. The van der Waals surface area contributed by atoms with Crippen LogP contribution in [-0.2, 0) is 16.0 Å². The van der Waals surface area contributed by atoms with Crippen LogP contribution < -0.4 is 5.32 Å². The van der Waals surface area contributed by atoms with Gasteiger partial charge in [0.15, 0.2) is 0 Å². The van der Waals surface area contributed by atoms with Gasteiger partial charge in [0.2, 0.25) is 0 Å². The van der Waals surface area contributed by atoms with Crippen LogP contribution in [0.4, 0.5) is 4.79 Å². The Bertz CT molecular complexity index is 900. The lowest BCUT2D eigenvalue weighted by Gasteiger charge is -2.36. The summed E-state index contributed by atoms with van der Waals surface area (Å²) in [6, 6.07) is 3.58. The molecule has 2 heterocycles. The average Bonchev–Trinajstić information content (AvgIpc) is 3.15. The molecule has 7 nitrogen and oxygen atoms in total. The van der Waals surface area contributed by atoms with Crippen LogP contribution >= 0.6 is 23.2 Å². The molecule has 1 aliphatic heterocycles. The van der Waals surface area contributed by atoms with Gasteiger partial charge in [-0.1, -0.05) is 43.1 Å². The minimum Gasteiger partial charge on any atom is -0.467 e. The molecule has 2 N–H and O–H groups in total. The Morgan fingerprint density at radius 2 is 2.14 bits per heavy atom. The second-order valence-corrected chi connectivity index (χ2v) is 8.28. The van der Waals surface area contributed by atoms with Crippen LogP contribution in [0.3, 0.4) is 0 Å². The van der Waals surface area contributed by atoms with Crippen molar-refractivity contribution in [1.29, 1.82) is 0 Å². The van der Waals surface area contributed by atoms with E-state index in [9.17, 15) is 9.59 Å². The van der Waals surface area contributed by atoms with Gasteiger partial charge in [-0.2, -0.15) is 0 Å². The van der Waals surface area contributed by atoms with Crippen LogP contribution in [0.25, 0.3) is 0 Å². The number of rotatable bonds is 5. The van der Waals surface area contributed by atoms with Crippen molar-refractivity contribution < 1.29 is 14.3 Å². The fraction of sp³-hybridized carbons (Fsp3) is 0.450. The number of imidazole rings is 1. The third-order valence-electron chi connectivity index (χ3n) is 4.93. The van der Waals surface area contributed by atoms with E-state index >= 15 is 0 Å². The molecule has 1 aromatic heterocycles. The van der Waals surface area contributed by atoms with Crippen molar-refractivity contribution in [3.05, 3.63) is 51.5 Å². The van der Waals surface area contributed by atoms with Gasteiger partial charge in [-0.05, 0) is 30.0 Å². The first-order chi connectivity index (χ1) is 13.8. The zero-order chi connectivity index (χ0) is 21.1. The number of carbonyl (C=O) groups excluding carboxylic acids is 2. The minimum absolute atomic E-state index is 0.209. The van der Waals surface area contributed by atoms with Crippen molar-refractivity contribution in [1.82, 2.24) is 20.2 Å². The van der Waals surface area contributed by atoms with Gasteiger partial charge in [0.25, 0.3) is 0 Å². The number of methoxy groups -OCH3 is 1. The van der Waals surface area contributed by atoms with Gasteiger partial charge in [-0.25, -0.2) is 14.6 Å². The number of carbonyl (C=O) groups is 2. The summed E-state index contributed by atoms with van der Waals surface area (Å²) in [4.78, 5) is 34.6. The topological polar surface area (TPSA) is 87.3 Å². The smallest absolute Gasteiger partial charge is 0.328 e. The molecule has 0 fully saturated rings. The van der Waals surface area contributed by atoms with E-state index in [4.69, 9.17) is 27.9 Å². The number of hydrogen-bond acceptors (Lipinski definition) is 4. The lowest BCUT2D eigenvalue weighted by molar-refractivity contribution is -0.143. The van der Waals surface area contributed by atoms with Gasteiger partial charge in [-0.3, -0.25) is 0 Å². The number of esters is 1. The Morgan fingerprint density at radius 3 is 2.79 bits per heavy atom. The Morgan fingerprint density at radius 1 is 1.38 bits per heavy atom. The van der Waals surface area contributed by atoms with Crippen LogP contribution in [0.2, 0.25) is 10.0 Å². The predicted octanol–water partition coefficient (Wildman–Crippen LogP) is 3.96. The Hall–Kier alpha value is -2.25. The molecule has 3 rings (SSSR count). The van der Waals surface area contributed by atoms with E-state index in [2.05, 4.69) is 15.3 Å². The van der Waals surface area contributed by atoms with Crippen molar-refractivity contribution in [2.75, 3.05) is 13.7 Å². The molecule has 0 radical (unpaired) electrons. The zero-order valence-corrected chi connectivity index (χ0v) is 18.0. The third kappa shape index (κ3) is 4.67. The first-order valence-corrected chi connectivity index (χ1v) is 10.2. The van der Waals surface area contributed by atoms with E-state index in [-0.39, 0.29) is 11.9 Å². The number of benzene rings is 1. The van der Waals surface area contributed by atoms with E-state index in [1.54, 1.807) is 29.4 Å². The predicted molar refractivity (Wildman–Crippen MR) is 111 cm³/mol. The summed E-state index contributed by atoms with van der Waals surface area (Å²) in [5.41, 5.74) is 2.41. The van der Waals surface area contributed by atoms with Gasteiger partial charge in [-0.15, -0.1) is 0 Å². The number of ether oxygens (including phenoxy) is 1. The largest absolute Gasteiger partial charge is 0.467 e. The van der Waals surface area contributed by atoms with E-state index in [0.29, 0.717) is 29.4 Å². The second kappa shape index (κ2) is 9.05. The lowest BCUT2D eigenvalue weighted by atomic mass is 9.95. The number of hydrogen-bond donors (Lipinski definition) is 2. The number of urea groups is 1. The highest BCUT2D eigenvalue weighted by molar-refractivity contribution is 6.35. The SMILES string of the molecule is COC(=O)[C@@H](CC(C)C)NC(=O)N1CCc2[nH]cnc2[C@H]1c1ccc(Cl)cc1Cl. The Labute approximate surface area is 179 Å². The molecule has 29 heavy (non-hydrogen) atoms. The van der Waals surface area contributed by atoms with E-state index in [1.165, 1.54) is 7.11 Å². The molecular weight excluding hydrogens is 415 g/mol. The molecule has 0 bridgehead atoms. The average molecular weight is 439 g/mol. The summed E-state index contributed by atoms with van der Waals surface area (Å²) in [6.45, 7) is 4.41. The summed E-state index contributed by atoms with van der Waals surface area (Å²) in [5.74, 6) is -0.259. The zero-order valence-electron chi connectivity index (χ0n) is 16.5. The summed E-state index contributed by atoms with van der Waals surface area (Å²) in [6.07, 6.45) is 2.71. The lowest BCUT2D eigenvalue weighted by Crippen LogP contribution is -2.51. The van der Waals surface area contributed by atoms with Gasteiger partial charge < -0.3 is 19.9 Å². The highest BCUT2D eigenvalue weighted by Gasteiger charge is 2.36. The van der Waals surface area contributed by atoms with Crippen LogP contribution in [0.15, 0.2) is 24.5 Å². The molecular formula is C20H24Cl2N4O3. The quantitative estimate of drug-likeness (QED) is 0.691. The minimum atomic E-state index is -0.727. The van der Waals surface area contributed by atoms with E-state index in [0.717, 1.165) is 17.0 Å². The fourth-order valence-corrected chi connectivity index (χ4v) is 4.11. The highest BCUT2D eigenvalue weighted by atomic mass is 35.5. The summed E-state index contributed by atoms with van der Waals surface area (Å²) in [7, 11) is 1.31. The summed E-state index contributed by atoms with van der Waals surface area (Å²) >= 11 is 12.5. The van der Waals surface area contributed by atoms with Crippen molar-refractivity contribution in [3.63, 3.8) is 0 Å². The molecule has 0 unspecified atom stereocenters. The van der Waals surface area contributed by atoms with Crippen LogP contribution in [-0.4, -0.2) is 46.6 Å². The summed E-state index contributed by atoms with van der Waals surface area (Å²) < 4.78 is 4.86. The molecule has 0 saturated heterocycles. The number of aromatic amines is 1. The van der Waals surface area contributed by atoms with Gasteiger partial charge >= 0.3 is 12.0 Å². The number of nitrogens with one attached hydrogen (secondary N) is 2. The molecule has 2 aromatic rings. The Kier molecular flexibility index (Phi) is 6.70. The maximum atomic E-state index is 13.2. The number of nitrogens with zero attached hydrogens (tertiary/aromatic N) is 2. The second-order valence-electron chi connectivity index (χ2n) is 7.43. The standard InChI is InChI=1S/C20H24Cl2N4O3/c1-11(2)8-16(19(27)29-3)25-20(28)26-7-6-15-17(24-10-23-15)18(26)13-5-4-12(21)9-14(13)22/h4-5,9-11,16,18H,6-8H2,1-3H3,(H,23,24)(H,25,28)/t16-,18-/m1/s1. The normalized spacial score (nSPS) is 17.0. The van der Waals surface area contributed by atoms with Crippen molar-refractivity contribution >= 4 is 35.2 Å². The molecule has 0 aliphatic carbocycles. The van der Waals surface area contributed by atoms with E-state index in [1.807, 2.05) is 13.8 Å². The number of halogens is 2. The number of fused-ring (bicyclic) bond motifs is 1. The van der Waals surface area contributed by atoms with Crippen molar-refractivity contribution in [2.24, 2.45) is 5.92 Å². The molecule has 1 aromatic carbocycles. The van der Waals surface area contributed by atoms with Gasteiger partial charge in [0.1, 0.15) is 12.1 Å². The van der Waals surface area contributed by atoms with Gasteiger partial charge in [0.05, 0.1) is 19.1 Å². The fourth-order valence-electron chi connectivity index (χ4n) is 3.59. The number of H-pyrrole nitrogens is 1.